The highest BCUT2D eigenvalue weighted by Crippen LogP contribution is 2.26. The summed E-state index contributed by atoms with van der Waals surface area (Å²) in [6.07, 6.45) is 8.36. The Balaban J connectivity index is 1.51. The molecule has 1 N–H and O–H groups in total. The van der Waals surface area contributed by atoms with E-state index < -0.39 is 0 Å². The van der Waals surface area contributed by atoms with E-state index in [-0.39, 0.29) is 11.8 Å². The lowest BCUT2D eigenvalue weighted by atomic mass is 9.89. The predicted molar refractivity (Wildman–Crippen MR) is 91.0 cm³/mol. The van der Waals surface area contributed by atoms with Crippen LogP contribution in [0.5, 0.6) is 0 Å². The first-order valence-corrected chi connectivity index (χ1v) is 9.56. The maximum Gasteiger partial charge on any atom is 0.229 e. The number of amides is 1. The van der Waals surface area contributed by atoms with Crippen LogP contribution in [0.4, 0.5) is 5.13 Å². The fraction of sp³-hybridized carbons (Fsp3) is 0.765. The van der Waals surface area contributed by atoms with E-state index in [1.54, 1.807) is 11.3 Å². The van der Waals surface area contributed by atoms with Gasteiger partial charge in [-0.2, -0.15) is 0 Å². The van der Waals surface area contributed by atoms with Crippen LogP contribution in [0, 0.1) is 11.8 Å². The minimum atomic E-state index is 0.173. The van der Waals surface area contributed by atoms with Crippen molar-refractivity contribution in [2.45, 2.75) is 58.4 Å². The van der Waals surface area contributed by atoms with Crippen LogP contribution in [0.15, 0.2) is 5.38 Å². The monoisotopic (exact) mass is 321 g/mol. The smallest absolute Gasteiger partial charge is 0.229 e. The SMILES string of the molecule is C[C@@H]1CCCN(Cc2csc(NC(=O)C3CCCCC3)n2)C1. The second kappa shape index (κ2) is 7.55. The lowest BCUT2D eigenvalue weighted by Gasteiger charge is -2.30. The Hall–Kier alpha value is -0.940. The number of hydrogen-bond acceptors (Lipinski definition) is 4. The summed E-state index contributed by atoms with van der Waals surface area (Å²) in [5.74, 6) is 1.16. The van der Waals surface area contributed by atoms with E-state index in [2.05, 4.69) is 27.5 Å². The summed E-state index contributed by atoms with van der Waals surface area (Å²) in [5, 5.41) is 5.89. The molecule has 1 aromatic heterocycles. The molecule has 4 nitrogen and oxygen atoms in total. The van der Waals surface area contributed by atoms with Crippen molar-refractivity contribution in [3.8, 4) is 0 Å². The van der Waals surface area contributed by atoms with Crippen LogP contribution in [0.2, 0.25) is 0 Å². The largest absolute Gasteiger partial charge is 0.302 e. The van der Waals surface area contributed by atoms with E-state index in [1.165, 1.54) is 45.2 Å². The molecule has 0 radical (unpaired) electrons. The van der Waals surface area contributed by atoms with Crippen LogP contribution < -0.4 is 5.32 Å². The van der Waals surface area contributed by atoms with Gasteiger partial charge in [-0.05, 0) is 38.1 Å². The van der Waals surface area contributed by atoms with Gasteiger partial charge in [0.15, 0.2) is 5.13 Å². The van der Waals surface area contributed by atoms with Crippen molar-refractivity contribution < 1.29 is 4.79 Å². The van der Waals surface area contributed by atoms with Crippen LogP contribution in [0.1, 0.15) is 57.6 Å². The Morgan fingerprint density at radius 2 is 2.14 bits per heavy atom. The molecule has 1 aliphatic heterocycles. The second-order valence-electron chi connectivity index (χ2n) is 6.95. The fourth-order valence-electron chi connectivity index (χ4n) is 3.67. The molecule has 5 heteroatoms. The van der Waals surface area contributed by atoms with E-state index in [0.717, 1.165) is 36.1 Å². The Labute approximate surface area is 137 Å². The van der Waals surface area contributed by atoms with Crippen LogP contribution in [-0.4, -0.2) is 28.9 Å². The summed E-state index contributed by atoms with van der Waals surface area (Å²) < 4.78 is 0. The molecule has 1 aliphatic carbocycles. The Kier molecular flexibility index (Phi) is 5.47. The number of carbonyl (C=O) groups excluding carboxylic acids is 1. The number of likely N-dealkylation sites (tertiary alicyclic amines) is 1. The van der Waals surface area contributed by atoms with Gasteiger partial charge < -0.3 is 5.32 Å². The molecule has 1 atom stereocenters. The molecule has 22 heavy (non-hydrogen) atoms. The first-order chi connectivity index (χ1) is 10.7. The summed E-state index contributed by atoms with van der Waals surface area (Å²) in [4.78, 5) is 19.3. The summed E-state index contributed by atoms with van der Waals surface area (Å²) in [5.41, 5.74) is 1.10. The van der Waals surface area contributed by atoms with Gasteiger partial charge >= 0.3 is 0 Å². The minimum Gasteiger partial charge on any atom is -0.302 e. The maximum atomic E-state index is 12.3. The number of carbonyl (C=O) groups is 1. The summed E-state index contributed by atoms with van der Waals surface area (Å²) in [6, 6.07) is 0. The Bertz CT molecular complexity index is 496. The van der Waals surface area contributed by atoms with Crippen molar-refractivity contribution in [1.29, 1.82) is 0 Å². The number of piperidine rings is 1. The third-order valence-electron chi connectivity index (χ3n) is 4.88. The highest BCUT2D eigenvalue weighted by atomic mass is 32.1. The number of thiazole rings is 1. The first-order valence-electron chi connectivity index (χ1n) is 8.68. The number of anilines is 1. The number of hydrogen-bond donors (Lipinski definition) is 1. The second-order valence-corrected chi connectivity index (χ2v) is 7.81. The average Bonchev–Trinajstić information content (AvgIpc) is 2.95. The highest BCUT2D eigenvalue weighted by Gasteiger charge is 2.22. The van der Waals surface area contributed by atoms with Crippen LogP contribution in [-0.2, 0) is 11.3 Å². The molecule has 1 amide bonds. The summed E-state index contributed by atoms with van der Waals surface area (Å²) in [6.45, 7) is 5.58. The van der Waals surface area contributed by atoms with Gasteiger partial charge in [-0.25, -0.2) is 4.98 Å². The van der Waals surface area contributed by atoms with E-state index >= 15 is 0 Å². The lowest BCUT2D eigenvalue weighted by Crippen LogP contribution is -2.33. The van der Waals surface area contributed by atoms with Crippen LogP contribution in [0.3, 0.4) is 0 Å². The molecule has 1 aromatic rings. The average molecular weight is 321 g/mol. The molecule has 1 saturated carbocycles. The zero-order valence-corrected chi connectivity index (χ0v) is 14.3. The molecule has 2 aliphatic rings. The molecule has 0 aromatic carbocycles. The molecular formula is C17H27N3OS. The molecule has 0 spiro atoms. The number of nitrogens with zero attached hydrogens (tertiary/aromatic N) is 2. The predicted octanol–water partition coefficient (Wildman–Crippen LogP) is 3.89. The van der Waals surface area contributed by atoms with Crippen molar-refractivity contribution in [2.24, 2.45) is 11.8 Å². The zero-order valence-electron chi connectivity index (χ0n) is 13.5. The van der Waals surface area contributed by atoms with Gasteiger partial charge in [-0.15, -0.1) is 11.3 Å². The first kappa shape index (κ1) is 15.9. The van der Waals surface area contributed by atoms with Crippen molar-refractivity contribution in [3.63, 3.8) is 0 Å². The van der Waals surface area contributed by atoms with Gasteiger partial charge in [-0.3, -0.25) is 9.69 Å². The molecule has 2 heterocycles. The van der Waals surface area contributed by atoms with Gasteiger partial charge in [-0.1, -0.05) is 26.2 Å². The molecular weight excluding hydrogens is 294 g/mol. The fourth-order valence-corrected chi connectivity index (χ4v) is 4.37. The lowest BCUT2D eigenvalue weighted by molar-refractivity contribution is -0.120. The molecule has 2 fully saturated rings. The number of rotatable bonds is 4. The van der Waals surface area contributed by atoms with Gasteiger partial charge in [0.1, 0.15) is 0 Å². The van der Waals surface area contributed by atoms with Crippen LogP contribution in [0.25, 0.3) is 0 Å². The summed E-state index contributed by atoms with van der Waals surface area (Å²) in [7, 11) is 0. The normalized spacial score (nSPS) is 24.3. The van der Waals surface area contributed by atoms with Crippen LogP contribution >= 0.6 is 11.3 Å². The molecule has 122 valence electrons. The van der Waals surface area contributed by atoms with Crippen molar-refractivity contribution in [1.82, 2.24) is 9.88 Å². The summed E-state index contributed by atoms with van der Waals surface area (Å²) >= 11 is 1.56. The highest BCUT2D eigenvalue weighted by molar-refractivity contribution is 7.13. The van der Waals surface area contributed by atoms with Crippen molar-refractivity contribution >= 4 is 22.4 Å². The Morgan fingerprint density at radius 1 is 1.32 bits per heavy atom. The molecule has 3 rings (SSSR count). The molecule has 0 unspecified atom stereocenters. The Morgan fingerprint density at radius 3 is 2.91 bits per heavy atom. The van der Waals surface area contributed by atoms with Crippen molar-refractivity contribution in [2.75, 3.05) is 18.4 Å². The molecule has 1 saturated heterocycles. The quantitative estimate of drug-likeness (QED) is 0.915. The van der Waals surface area contributed by atoms with Crippen molar-refractivity contribution in [3.05, 3.63) is 11.1 Å². The maximum absolute atomic E-state index is 12.3. The topological polar surface area (TPSA) is 45.2 Å². The zero-order chi connectivity index (χ0) is 15.4. The van der Waals surface area contributed by atoms with E-state index in [0.29, 0.717) is 0 Å². The third kappa shape index (κ3) is 4.29. The number of nitrogens with one attached hydrogen (secondary N) is 1. The standard InChI is InChI=1S/C17H27N3OS/c1-13-6-5-9-20(10-13)11-15-12-22-17(18-15)19-16(21)14-7-3-2-4-8-14/h12-14H,2-11H2,1H3,(H,18,19,21)/t13-/m1/s1. The number of aromatic nitrogens is 1. The van der Waals surface area contributed by atoms with E-state index in [9.17, 15) is 4.79 Å². The van der Waals surface area contributed by atoms with Gasteiger partial charge in [0.25, 0.3) is 0 Å². The van der Waals surface area contributed by atoms with E-state index in [4.69, 9.17) is 0 Å². The van der Waals surface area contributed by atoms with E-state index in [1.807, 2.05) is 0 Å². The van der Waals surface area contributed by atoms with Gasteiger partial charge in [0.05, 0.1) is 5.69 Å². The van der Waals surface area contributed by atoms with Gasteiger partial charge in [0.2, 0.25) is 5.91 Å². The molecule has 0 bridgehead atoms. The third-order valence-corrected chi connectivity index (χ3v) is 5.69. The minimum absolute atomic E-state index is 0.173. The van der Waals surface area contributed by atoms with Gasteiger partial charge in [0, 0.05) is 24.4 Å².